The second kappa shape index (κ2) is 5.84. The lowest BCUT2D eigenvalue weighted by Gasteiger charge is -2.11. The number of aryl methyl sites for hydroxylation is 3. The molecule has 1 heterocycles. The zero-order valence-electron chi connectivity index (χ0n) is 11.2. The maximum Gasteiger partial charge on any atom is 0.264 e. The van der Waals surface area contributed by atoms with Gasteiger partial charge in [0, 0.05) is 11.1 Å². The Morgan fingerprint density at radius 2 is 2.00 bits per heavy atom. The van der Waals surface area contributed by atoms with E-state index in [1.54, 1.807) is 6.20 Å². The van der Waals surface area contributed by atoms with Crippen molar-refractivity contribution in [2.24, 2.45) is 0 Å². The lowest BCUT2D eigenvalue weighted by Crippen LogP contribution is -2.20. The highest BCUT2D eigenvalue weighted by molar-refractivity contribution is 7.15. The van der Waals surface area contributed by atoms with Gasteiger partial charge in [0.1, 0.15) is 5.75 Å². The van der Waals surface area contributed by atoms with Crippen LogP contribution in [0.4, 0.5) is 5.13 Å². The summed E-state index contributed by atoms with van der Waals surface area (Å²) in [6.07, 6.45) is 1.73. The fraction of sp³-hybridized carbons (Fsp3) is 0.286. The molecule has 0 saturated carbocycles. The molecule has 19 heavy (non-hydrogen) atoms. The highest BCUT2D eigenvalue weighted by Gasteiger charge is 2.08. The van der Waals surface area contributed by atoms with E-state index in [9.17, 15) is 4.79 Å². The first kappa shape index (κ1) is 13.5. The van der Waals surface area contributed by atoms with E-state index in [1.165, 1.54) is 11.3 Å². The topological polar surface area (TPSA) is 51.2 Å². The van der Waals surface area contributed by atoms with Crippen LogP contribution >= 0.6 is 11.3 Å². The minimum Gasteiger partial charge on any atom is -0.483 e. The second-order valence-corrected chi connectivity index (χ2v) is 5.57. The molecule has 0 saturated heterocycles. The average Bonchev–Trinajstić information content (AvgIpc) is 2.74. The third kappa shape index (κ3) is 3.54. The smallest absolute Gasteiger partial charge is 0.264 e. The van der Waals surface area contributed by atoms with Crippen molar-refractivity contribution in [3.63, 3.8) is 0 Å². The molecule has 0 aliphatic carbocycles. The summed E-state index contributed by atoms with van der Waals surface area (Å²) in [6, 6.07) is 5.89. The van der Waals surface area contributed by atoms with E-state index in [0.717, 1.165) is 21.8 Å². The number of carbonyl (C=O) groups is 1. The fourth-order valence-corrected chi connectivity index (χ4v) is 2.41. The van der Waals surface area contributed by atoms with Crippen LogP contribution in [0.25, 0.3) is 0 Å². The van der Waals surface area contributed by atoms with Crippen molar-refractivity contribution in [2.75, 3.05) is 11.9 Å². The van der Waals surface area contributed by atoms with Crippen LogP contribution in [0.5, 0.6) is 5.75 Å². The molecule has 2 rings (SSSR count). The summed E-state index contributed by atoms with van der Waals surface area (Å²) in [5, 5.41) is 3.32. The molecule has 100 valence electrons. The van der Waals surface area contributed by atoms with Crippen LogP contribution in [0.15, 0.2) is 24.4 Å². The first-order chi connectivity index (χ1) is 9.06. The van der Waals surface area contributed by atoms with E-state index in [-0.39, 0.29) is 12.5 Å². The van der Waals surface area contributed by atoms with Crippen molar-refractivity contribution in [1.82, 2.24) is 4.98 Å². The number of amides is 1. The average molecular weight is 276 g/mol. The maximum atomic E-state index is 11.7. The Kier molecular flexibility index (Phi) is 4.16. The molecule has 0 unspecified atom stereocenters. The van der Waals surface area contributed by atoms with Crippen LogP contribution in [0, 0.1) is 20.8 Å². The number of rotatable bonds is 4. The summed E-state index contributed by atoms with van der Waals surface area (Å²) in [4.78, 5) is 16.9. The van der Waals surface area contributed by atoms with Gasteiger partial charge in [-0.2, -0.15) is 0 Å². The third-order valence-electron chi connectivity index (χ3n) is 2.62. The van der Waals surface area contributed by atoms with Gasteiger partial charge >= 0.3 is 0 Å². The number of anilines is 1. The Balaban J connectivity index is 1.93. The van der Waals surface area contributed by atoms with Gasteiger partial charge < -0.3 is 4.74 Å². The largest absolute Gasteiger partial charge is 0.483 e. The van der Waals surface area contributed by atoms with Gasteiger partial charge in [-0.25, -0.2) is 4.98 Å². The van der Waals surface area contributed by atoms with Crippen LogP contribution in [0.3, 0.4) is 0 Å². The highest BCUT2D eigenvalue weighted by atomic mass is 32.1. The van der Waals surface area contributed by atoms with E-state index >= 15 is 0 Å². The number of aromatic nitrogens is 1. The number of carbonyl (C=O) groups excluding carboxylic acids is 1. The summed E-state index contributed by atoms with van der Waals surface area (Å²) in [6.45, 7) is 5.86. The molecule has 5 heteroatoms. The summed E-state index contributed by atoms with van der Waals surface area (Å²) in [5.41, 5.74) is 2.05. The minimum absolute atomic E-state index is 0.00960. The molecule has 0 aliphatic heterocycles. The predicted octanol–water partition coefficient (Wildman–Crippen LogP) is 3.09. The number of hydrogen-bond donors (Lipinski definition) is 1. The predicted molar refractivity (Wildman–Crippen MR) is 76.9 cm³/mol. The zero-order chi connectivity index (χ0) is 13.8. The van der Waals surface area contributed by atoms with Crippen LogP contribution in [0.1, 0.15) is 16.0 Å². The number of nitrogens with zero attached hydrogens (tertiary/aromatic N) is 1. The summed E-state index contributed by atoms with van der Waals surface area (Å²) in [5.74, 6) is 0.574. The molecule has 0 atom stereocenters. The fourth-order valence-electron chi connectivity index (χ4n) is 1.73. The quantitative estimate of drug-likeness (QED) is 0.933. The van der Waals surface area contributed by atoms with Crippen molar-refractivity contribution >= 4 is 22.4 Å². The van der Waals surface area contributed by atoms with Crippen LogP contribution in [0.2, 0.25) is 0 Å². The molecule has 2 aromatic rings. The molecule has 0 fully saturated rings. The number of hydrogen-bond acceptors (Lipinski definition) is 4. The Labute approximate surface area is 116 Å². The maximum absolute atomic E-state index is 11.7. The molecule has 4 nitrogen and oxygen atoms in total. The molecule has 1 amide bonds. The summed E-state index contributed by atoms with van der Waals surface area (Å²) < 4.78 is 5.57. The van der Waals surface area contributed by atoms with E-state index in [0.29, 0.717) is 5.13 Å². The highest BCUT2D eigenvalue weighted by Crippen LogP contribution is 2.22. The Bertz CT molecular complexity index is 573. The van der Waals surface area contributed by atoms with Crippen molar-refractivity contribution in [3.8, 4) is 5.75 Å². The van der Waals surface area contributed by atoms with Crippen LogP contribution < -0.4 is 10.1 Å². The van der Waals surface area contributed by atoms with Crippen LogP contribution in [-0.2, 0) is 4.79 Å². The van der Waals surface area contributed by atoms with Crippen molar-refractivity contribution < 1.29 is 9.53 Å². The minimum atomic E-state index is -0.197. The number of benzene rings is 1. The van der Waals surface area contributed by atoms with Crippen LogP contribution in [-0.4, -0.2) is 17.5 Å². The van der Waals surface area contributed by atoms with Crippen molar-refractivity contribution in [2.45, 2.75) is 20.8 Å². The van der Waals surface area contributed by atoms with E-state index in [2.05, 4.69) is 10.3 Å². The van der Waals surface area contributed by atoms with Gasteiger partial charge in [-0.15, -0.1) is 11.3 Å². The van der Waals surface area contributed by atoms with Gasteiger partial charge in [0.05, 0.1) is 0 Å². The number of ether oxygens (including phenoxy) is 1. The molecule has 0 spiro atoms. The van der Waals surface area contributed by atoms with E-state index in [4.69, 9.17) is 4.74 Å². The number of para-hydroxylation sites is 1. The second-order valence-electron chi connectivity index (χ2n) is 4.33. The molecule has 0 bridgehead atoms. The Morgan fingerprint density at radius 1 is 1.32 bits per heavy atom. The number of nitrogens with one attached hydrogen (secondary N) is 1. The van der Waals surface area contributed by atoms with E-state index in [1.807, 2.05) is 39.0 Å². The zero-order valence-corrected chi connectivity index (χ0v) is 12.0. The number of thiazole rings is 1. The lowest BCUT2D eigenvalue weighted by molar-refractivity contribution is -0.118. The normalized spacial score (nSPS) is 10.3. The summed E-state index contributed by atoms with van der Waals surface area (Å²) in [7, 11) is 0. The van der Waals surface area contributed by atoms with Gasteiger partial charge in [0.15, 0.2) is 11.7 Å². The third-order valence-corrected chi connectivity index (χ3v) is 3.45. The van der Waals surface area contributed by atoms with Gasteiger partial charge in [0.2, 0.25) is 0 Å². The molecular formula is C14H16N2O2S. The molecule has 1 aromatic heterocycles. The lowest BCUT2D eigenvalue weighted by atomic mass is 10.1. The molecule has 1 N–H and O–H groups in total. The molecule has 0 radical (unpaired) electrons. The Hall–Kier alpha value is -1.88. The molecule has 1 aromatic carbocycles. The Morgan fingerprint density at radius 3 is 2.58 bits per heavy atom. The van der Waals surface area contributed by atoms with Crippen molar-refractivity contribution in [1.29, 1.82) is 0 Å². The SMILES string of the molecule is Cc1cnc(NC(=O)COc2c(C)cccc2C)s1. The van der Waals surface area contributed by atoms with Gasteiger partial charge in [-0.1, -0.05) is 18.2 Å². The van der Waals surface area contributed by atoms with Gasteiger partial charge in [-0.3, -0.25) is 10.1 Å². The standard InChI is InChI=1S/C14H16N2O2S/c1-9-5-4-6-10(2)13(9)18-8-12(17)16-14-15-7-11(3)19-14/h4-7H,8H2,1-3H3,(H,15,16,17). The monoisotopic (exact) mass is 276 g/mol. The van der Waals surface area contributed by atoms with Gasteiger partial charge in [-0.05, 0) is 31.9 Å². The van der Waals surface area contributed by atoms with Gasteiger partial charge in [0.25, 0.3) is 5.91 Å². The van der Waals surface area contributed by atoms with Crippen molar-refractivity contribution in [3.05, 3.63) is 40.4 Å². The summed E-state index contributed by atoms with van der Waals surface area (Å²) >= 11 is 1.45. The first-order valence-electron chi connectivity index (χ1n) is 5.97. The molecule has 0 aliphatic rings. The molecular weight excluding hydrogens is 260 g/mol. The van der Waals surface area contributed by atoms with E-state index < -0.39 is 0 Å². The first-order valence-corrected chi connectivity index (χ1v) is 6.79.